The van der Waals surface area contributed by atoms with Crippen LogP contribution in [0, 0.1) is 5.82 Å². The second-order valence-corrected chi connectivity index (χ2v) is 5.13. The highest BCUT2D eigenvalue weighted by Crippen LogP contribution is 2.23. The van der Waals surface area contributed by atoms with Gasteiger partial charge in [-0.05, 0) is 49.2 Å². The Bertz CT molecular complexity index is 571. The van der Waals surface area contributed by atoms with Crippen LogP contribution in [0.1, 0.15) is 12.5 Å². The molecule has 0 fully saturated rings. The molecule has 1 unspecified atom stereocenters. The van der Waals surface area contributed by atoms with E-state index in [1.54, 1.807) is 13.2 Å². The SMILES string of the molecule is COc1ccc(CC(C)Nc2ccc(F)cc2Cl)cc1. The second-order valence-electron chi connectivity index (χ2n) is 4.72. The van der Waals surface area contributed by atoms with Gasteiger partial charge in [-0.3, -0.25) is 0 Å². The van der Waals surface area contributed by atoms with E-state index in [-0.39, 0.29) is 11.9 Å². The van der Waals surface area contributed by atoms with E-state index in [0.717, 1.165) is 17.9 Å². The maximum Gasteiger partial charge on any atom is 0.124 e. The lowest BCUT2D eigenvalue weighted by molar-refractivity contribution is 0.414. The van der Waals surface area contributed by atoms with Gasteiger partial charge in [0.25, 0.3) is 0 Å². The van der Waals surface area contributed by atoms with Crippen molar-refractivity contribution in [1.29, 1.82) is 0 Å². The first-order valence-electron chi connectivity index (χ1n) is 6.43. The third-order valence-electron chi connectivity index (χ3n) is 3.03. The maximum absolute atomic E-state index is 13.0. The molecule has 4 heteroatoms. The fourth-order valence-electron chi connectivity index (χ4n) is 2.04. The topological polar surface area (TPSA) is 21.3 Å². The number of hydrogen-bond donors (Lipinski definition) is 1. The first kappa shape index (κ1) is 14.7. The zero-order chi connectivity index (χ0) is 14.5. The van der Waals surface area contributed by atoms with Gasteiger partial charge in [0.2, 0.25) is 0 Å². The van der Waals surface area contributed by atoms with Crippen molar-refractivity contribution in [2.45, 2.75) is 19.4 Å². The first-order valence-corrected chi connectivity index (χ1v) is 6.81. The van der Waals surface area contributed by atoms with E-state index >= 15 is 0 Å². The molecule has 20 heavy (non-hydrogen) atoms. The van der Waals surface area contributed by atoms with Crippen molar-refractivity contribution in [1.82, 2.24) is 0 Å². The van der Waals surface area contributed by atoms with Crippen LogP contribution in [0.2, 0.25) is 5.02 Å². The molecule has 0 amide bonds. The molecule has 0 saturated carbocycles. The average Bonchev–Trinajstić information content (AvgIpc) is 2.43. The minimum atomic E-state index is -0.330. The fraction of sp³-hybridized carbons (Fsp3) is 0.250. The molecule has 0 aromatic heterocycles. The number of nitrogens with one attached hydrogen (secondary N) is 1. The maximum atomic E-state index is 13.0. The monoisotopic (exact) mass is 293 g/mol. The molecule has 0 heterocycles. The number of methoxy groups -OCH3 is 1. The van der Waals surface area contributed by atoms with Crippen LogP contribution in [-0.4, -0.2) is 13.2 Å². The molecular formula is C16H17ClFNO. The van der Waals surface area contributed by atoms with Gasteiger partial charge in [0.1, 0.15) is 11.6 Å². The standard InChI is InChI=1S/C16H17ClFNO/c1-11(9-12-3-6-14(20-2)7-4-12)19-16-8-5-13(18)10-15(16)17/h3-8,10-11,19H,9H2,1-2H3. The number of ether oxygens (including phenoxy) is 1. The van der Waals surface area contributed by atoms with Crippen LogP contribution < -0.4 is 10.1 Å². The molecule has 0 spiro atoms. The lowest BCUT2D eigenvalue weighted by Crippen LogP contribution is -2.18. The van der Waals surface area contributed by atoms with Crippen LogP contribution in [-0.2, 0) is 6.42 Å². The second kappa shape index (κ2) is 6.62. The summed E-state index contributed by atoms with van der Waals surface area (Å²) in [7, 11) is 1.65. The summed E-state index contributed by atoms with van der Waals surface area (Å²) in [6.07, 6.45) is 0.845. The van der Waals surface area contributed by atoms with Crippen molar-refractivity contribution in [3.05, 3.63) is 58.9 Å². The Kier molecular flexibility index (Phi) is 4.85. The Hall–Kier alpha value is -1.74. The first-order chi connectivity index (χ1) is 9.58. The van der Waals surface area contributed by atoms with Crippen molar-refractivity contribution in [2.24, 2.45) is 0 Å². The van der Waals surface area contributed by atoms with Gasteiger partial charge in [-0.1, -0.05) is 23.7 Å². The van der Waals surface area contributed by atoms with Gasteiger partial charge in [-0.15, -0.1) is 0 Å². The van der Waals surface area contributed by atoms with Gasteiger partial charge in [-0.2, -0.15) is 0 Å². The molecule has 2 aromatic rings. The molecule has 2 aromatic carbocycles. The highest BCUT2D eigenvalue weighted by Gasteiger charge is 2.07. The van der Waals surface area contributed by atoms with Crippen LogP contribution in [0.3, 0.4) is 0 Å². The zero-order valence-corrected chi connectivity index (χ0v) is 12.2. The number of hydrogen-bond acceptors (Lipinski definition) is 2. The fourth-order valence-corrected chi connectivity index (χ4v) is 2.26. The molecule has 0 bridgehead atoms. The van der Waals surface area contributed by atoms with E-state index in [1.165, 1.54) is 17.7 Å². The molecule has 0 aliphatic carbocycles. The van der Waals surface area contributed by atoms with Crippen molar-refractivity contribution in [3.8, 4) is 5.75 Å². The van der Waals surface area contributed by atoms with Crippen LogP contribution in [0.15, 0.2) is 42.5 Å². The normalized spacial score (nSPS) is 12.0. The van der Waals surface area contributed by atoms with E-state index in [9.17, 15) is 4.39 Å². The summed E-state index contributed by atoms with van der Waals surface area (Å²) in [4.78, 5) is 0. The van der Waals surface area contributed by atoms with E-state index in [0.29, 0.717) is 5.02 Å². The quantitative estimate of drug-likeness (QED) is 0.874. The Morgan fingerprint density at radius 3 is 2.50 bits per heavy atom. The van der Waals surface area contributed by atoms with E-state index < -0.39 is 0 Å². The van der Waals surface area contributed by atoms with Gasteiger partial charge in [0.05, 0.1) is 17.8 Å². The summed E-state index contributed by atoms with van der Waals surface area (Å²) in [6, 6.07) is 12.5. The Morgan fingerprint density at radius 2 is 1.90 bits per heavy atom. The van der Waals surface area contributed by atoms with Gasteiger partial charge in [0, 0.05) is 6.04 Å². The van der Waals surface area contributed by atoms with Crippen molar-refractivity contribution in [2.75, 3.05) is 12.4 Å². The summed E-state index contributed by atoms with van der Waals surface area (Å²) < 4.78 is 18.1. The lowest BCUT2D eigenvalue weighted by atomic mass is 10.1. The summed E-state index contributed by atoms with van der Waals surface area (Å²) in [5, 5.41) is 3.68. The summed E-state index contributed by atoms with van der Waals surface area (Å²) in [6.45, 7) is 2.06. The molecule has 0 radical (unpaired) electrons. The van der Waals surface area contributed by atoms with Crippen molar-refractivity contribution < 1.29 is 9.13 Å². The van der Waals surface area contributed by atoms with Gasteiger partial charge in [0.15, 0.2) is 0 Å². The number of benzene rings is 2. The van der Waals surface area contributed by atoms with Crippen LogP contribution in [0.25, 0.3) is 0 Å². The molecule has 106 valence electrons. The summed E-state index contributed by atoms with van der Waals surface area (Å²) in [5.74, 6) is 0.513. The lowest BCUT2D eigenvalue weighted by Gasteiger charge is -2.16. The third kappa shape index (κ3) is 3.87. The van der Waals surface area contributed by atoms with Crippen molar-refractivity contribution >= 4 is 17.3 Å². The number of anilines is 1. The molecule has 1 atom stereocenters. The van der Waals surface area contributed by atoms with E-state index in [4.69, 9.17) is 16.3 Å². The predicted molar refractivity (Wildman–Crippen MR) is 81.2 cm³/mol. The Balaban J connectivity index is 1.99. The van der Waals surface area contributed by atoms with Gasteiger partial charge < -0.3 is 10.1 Å². The van der Waals surface area contributed by atoms with Crippen LogP contribution in [0.4, 0.5) is 10.1 Å². The van der Waals surface area contributed by atoms with E-state index in [1.807, 2.05) is 24.3 Å². The molecule has 0 saturated heterocycles. The van der Waals surface area contributed by atoms with Gasteiger partial charge >= 0.3 is 0 Å². The van der Waals surface area contributed by atoms with E-state index in [2.05, 4.69) is 12.2 Å². The largest absolute Gasteiger partial charge is 0.497 e. The molecule has 1 N–H and O–H groups in total. The van der Waals surface area contributed by atoms with Crippen LogP contribution >= 0.6 is 11.6 Å². The van der Waals surface area contributed by atoms with Crippen molar-refractivity contribution in [3.63, 3.8) is 0 Å². The Labute approximate surface area is 123 Å². The summed E-state index contributed by atoms with van der Waals surface area (Å²) >= 11 is 6.00. The molecule has 0 aliphatic rings. The highest BCUT2D eigenvalue weighted by molar-refractivity contribution is 6.33. The molecular weight excluding hydrogens is 277 g/mol. The molecule has 2 nitrogen and oxygen atoms in total. The molecule has 0 aliphatic heterocycles. The van der Waals surface area contributed by atoms with Crippen LogP contribution in [0.5, 0.6) is 5.75 Å². The number of rotatable bonds is 5. The Morgan fingerprint density at radius 1 is 1.20 bits per heavy atom. The predicted octanol–water partition coefficient (Wildman–Crippen LogP) is 4.53. The summed E-state index contributed by atoms with van der Waals surface area (Å²) in [5.41, 5.74) is 1.94. The van der Waals surface area contributed by atoms with Gasteiger partial charge in [-0.25, -0.2) is 4.39 Å². The zero-order valence-electron chi connectivity index (χ0n) is 11.5. The highest BCUT2D eigenvalue weighted by atomic mass is 35.5. The molecule has 2 rings (SSSR count). The smallest absolute Gasteiger partial charge is 0.124 e. The number of halogens is 2. The third-order valence-corrected chi connectivity index (χ3v) is 3.35. The average molecular weight is 294 g/mol. The minimum Gasteiger partial charge on any atom is -0.497 e. The minimum absolute atomic E-state index is 0.186.